The van der Waals surface area contributed by atoms with E-state index in [1.54, 1.807) is 7.05 Å². The summed E-state index contributed by atoms with van der Waals surface area (Å²) < 4.78 is 27.6. The molecule has 0 aromatic rings. The fraction of sp³-hybridized carbons (Fsp3) is 1.00. The van der Waals surface area contributed by atoms with Crippen LogP contribution in [0.15, 0.2) is 0 Å². The zero-order chi connectivity index (χ0) is 12.8. The van der Waals surface area contributed by atoms with Crippen LogP contribution in [0, 0.1) is 5.92 Å². The van der Waals surface area contributed by atoms with Crippen LogP contribution in [-0.4, -0.2) is 38.9 Å². The van der Waals surface area contributed by atoms with Gasteiger partial charge in [0.2, 0.25) is 0 Å². The lowest BCUT2D eigenvalue weighted by atomic mass is 10.1. The Hall–Kier alpha value is -0.170. The molecule has 3 N–H and O–H groups in total. The van der Waals surface area contributed by atoms with Gasteiger partial charge in [0.1, 0.15) is 0 Å². The van der Waals surface area contributed by atoms with Gasteiger partial charge >= 0.3 is 0 Å². The Bertz CT molecular complexity index is 278. The fourth-order valence-electron chi connectivity index (χ4n) is 1.50. The first-order chi connectivity index (χ1) is 7.33. The Kier molecular flexibility index (Phi) is 7.14. The topological polar surface area (TPSA) is 75.4 Å². The highest BCUT2D eigenvalue weighted by Crippen LogP contribution is 2.06. The number of hydrogen-bond acceptors (Lipinski definition) is 3. The van der Waals surface area contributed by atoms with Gasteiger partial charge in [-0.3, -0.25) is 0 Å². The van der Waals surface area contributed by atoms with Gasteiger partial charge in [-0.15, -0.1) is 0 Å². The zero-order valence-electron chi connectivity index (χ0n) is 10.7. The summed E-state index contributed by atoms with van der Waals surface area (Å²) in [5.74, 6) is 0.424. The first kappa shape index (κ1) is 15.8. The molecular formula is C10H25N3O2S. The molecule has 0 bridgehead atoms. The Balaban J connectivity index is 4.42. The molecule has 5 nitrogen and oxygen atoms in total. The molecule has 6 heteroatoms. The number of nitrogens with zero attached hydrogens (tertiary/aromatic N) is 1. The highest BCUT2D eigenvalue weighted by Gasteiger charge is 2.21. The molecule has 0 saturated carbocycles. The van der Waals surface area contributed by atoms with Gasteiger partial charge in [0, 0.05) is 26.2 Å². The van der Waals surface area contributed by atoms with Gasteiger partial charge in [-0.25, -0.2) is 0 Å². The maximum atomic E-state index is 11.8. The molecule has 0 spiro atoms. The van der Waals surface area contributed by atoms with E-state index in [2.05, 4.69) is 4.72 Å². The van der Waals surface area contributed by atoms with Crippen molar-refractivity contribution in [2.45, 2.75) is 39.7 Å². The molecule has 0 aromatic heterocycles. The third-order valence-corrected chi connectivity index (χ3v) is 3.94. The van der Waals surface area contributed by atoms with Crippen molar-refractivity contribution in [2.24, 2.45) is 11.7 Å². The van der Waals surface area contributed by atoms with E-state index in [0.717, 1.165) is 12.8 Å². The van der Waals surface area contributed by atoms with Crippen LogP contribution in [0.3, 0.4) is 0 Å². The van der Waals surface area contributed by atoms with Crippen LogP contribution < -0.4 is 10.5 Å². The third-order valence-electron chi connectivity index (χ3n) is 2.30. The van der Waals surface area contributed by atoms with E-state index in [4.69, 9.17) is 5.73 Å². The van der Waals surface area contributed by atoms with Gasteiger partial charge < -0.3 is 5.73 Å². The maximum Gasteiger partial charge on any atom is 0.279 e. The molecule has 16 heavy (non-hydrogen) atoms. The van der Waals surface area contributed by atoms with Crippen molar-refractivity contribution in [3.05, 3.63) is 0 Å². The molecule has 0 aliphatic heterocycles. The monoisotopic (exact) mass is 251 g/mol. The summed E-state index contributed by atoms with van der Waals surface area (Å²) in [6.45, 7) is 6.89. The van der Waals surface area contributed by atoms with E-state index in [-0.39, 0.29) is 6.04 Å². The van der Waals surface area contributed by atoms with Crippen molar-refractivity contribution in [3.63, 3.8) is 0 Å². The molecule has 1 unspecified atom stereocenters. The molecule has 0 amide bonds. The van der Waals surface area contributed by atoms with Gasteiger partial charge in [0.25, 0.3) is 10.2 Å². The molecule has 0 rings (SSSR count). The standard InChI is InChI=1S/C10H25N3O2S/c1-5-6-13(4)16(14,15)12-10(8-11)7-9(2)3/h9-10,12H,5-8,11H2,1-4H3. The molecule has 0 aromatic carbocycles. The summed E-state index contributed by atoms with van der Waals surface area (Å²) in [6.07, 6.45) is 1.56. The molecule has 0 heterocycles. The summed E-state index contributed by atoms with van der Waals surface area (Å²) in [6, 6.07) is -0.177. The van der Waals surface area contributed by atoms with E-state index in [1.807, 2.05) is 20.8 Å². The van der Waals surface area contributed by atoms with E-state index in [1.165, 1.54) is 4.31 Å². The first-order valence-corrected chi connectivity index (χ1v) is 7.21. The van der Waals surface area contributed by atoms with Crippen LogP contribution in [0.4, 0.5) is 0 Å². The number of nitrogens with two attached hydrogens (primary N) is 1. The molecule has 0 saturated heterocycles. The van der Waals surface area contributed by atoms with E-state index in [0.29, 0.717) is 19.0 Å². The van der Waals surface area contributed by atoms with Crippen LogP contribution in [0.1, 0.15) is 33.6 Å². The summed E-state index contributed by atoms with van der Waals surface area (Å²) in [5.41, 5.74) is 5.56. The molecule has 1 atom stereocenters. The summed E-state index contributed by atoms with van der Waals surface area (Å²) in [7, 11) is -1.80. The first-order valence-electron chi connectivity index (χ1n) is 5.77. The second-order valence-corrected chi connectivity index (χ2v) is 6.32. The Morgan fingerprint density at radius 2 is 1.94 bits per heavy atom. The maximum absolute atomic E-state index is 11.8. The largest absolute Gasteiger partial charge is 0.329 e. The predicted octanol–water partition coefficient (Wildman–Crippen LogP) is 0.536. The number of rotatable bonds is 8. The van der Waals surface area contributed by atoms with Crippen LogP contribution in [0.5, 0.6) is 0 Å². The normalized spacial score (nSPS) is 14.7. The Labute approximate surface area is 99.6 Å². The average molecular weight is 251 g/mol. The molecule has 0 fully saturated rings. The number of nitrogens with one attached hydrogen (secondary N) is 1. The van der Waals surface area contributed by atoms with E-state index >= 15 is 0 Å². The van der Waals surface area contributed by atoms with Crippen molar-refractivity contribution in [3.8, 4) is 0 Å². The Morgan fingerprint density at radius 1 is 1.38 bits per heavy atom. The number of hydrogen-bond donors (Lipinski definition) is 2. The van der Waals surface area contributed by atoms with E-state index in [9.17, 15) is 8.42 Å². The molecule has 0 radical (unpaired) electrons. The third kappa shape index (κ3) is 5.79. The van der Waals surface area contributed by atoms with Gasteiger partial charge in [-0.1, -0.05) is 20.8 Å². The van der Waals surface area contributed by atoms with Gasteiger partial charge in [-0.2, -0.15) is 17.4 Å². The van der Waals surface area contributed by atoms with Crippen LogP contribution in [-0.2, 0) is 10.2 Å². The summed E-state index contributed by atoms with van der Waals surface area (Å²) in [4.78, 5) is 0. The van der Waals surface area contributed by atoms with E-state index < -0.39 is 10.2 Å². The average Bonchev–Trinajstić information content (AvgIpc) is 2.16. The highest BCUT2D eigenvalue weighted by molar-refractivity contribution is 7.87. The smallest absolute Gasteiger partial charge is 0.279 e. The minimum Gasteiger partial charge on any atom is -0.329 e. The van der Waals surface area contributed by atoms with Gasteiger partial charge in [-0.05, 0) is 18.8 Å². The summed E-state index contributed by atoms with van der Waals surface area (Å²) in [5, 5.41) is 0. The summed E-state index contributed by atoms with van der Waals surface area (Å²) >= 11 is 0. The van der Waals surface area contributed by atoms with Crippen LogP contribution in [0.25, 0.3) is 0 Å². The SMILES string of the molecule is CCCN(C)S(=O)(=O)NC(CN)CC(C)C. The van der Waals surface area contributed by atoms with Crippen molar-refractivity contribution in [2.75, 3.05) is 20.1 Å². The second-order valence-electron chi connectivity index (χ2n) is 4.51. The van der Waals surface area contributed by atoms with Gasteiger partial charge in [0.05, 0.1) is 0 Å². The van der Waals surface area contributed by atoms with Crippen LogP contribution in [0.2, 0.25) is 0 Å². The molecular weight excluding hydrogens is 226 g/mol. The highest BCUT2D eigenvalue weighted by atomic mass is 32.2. The molecule has 0 aliphatic carbocycles. The predicted molar refractivity (Wildman–Crippen MR) is 67.3 cm³/mol. The Morgan fingerprint density at radius 3 is 2.31 bits per heavy atom. The van der Waals surface area contributed by atoms with Crippen molar-refractivity contribution in [1.82, 2.24) is 9.03 Å². The van der Waals surface area contributed by atoms with Crippen LogP contribution >= 0.6 is 0 Å². The minimum absolute atomic E-state index is 0.177. The van der Waals surface area contributed by atoms with Crippen molar-refractivity contribution in [1.29, 1.82) is 0 Å². The molecule has 98 valence electrons. The van der Waals surface area contributed by atoms with Crippen molar-refractivity contribution < 1.29 is 8.42 Å². The zero-order valence-corrected chi connectivity index (χ0v) is 11.5. The quantitative estimate of drug-likeness (QED) is 0.661. The molecule has 0 aliphatic rings. The lowest BCUT2D eigenvalue weighted by Crippen LogP contribution is -2.47. The van der Waals surface area contributed by atoms with Gasteiger partial charge in [0.15, 0.2) is 0 Å². The minimum atomic E-state index is -3.38. The fourth-order valence-corrected chi connectivity index (χ4v) is 2.71. The lowest BCUT2D eigenvalue weighted by molar-refractivity contribution is 0.422. The van der Waals surface area contributed by atoms with Crippen molar-refractivity contribution >= 4 is 10.2 Å². The lowest BCUT2D eigenvalue weighted by Gasteiger charge is -2.23. The second kappa shape index (κ2) is 7.21.